The molecular formula is C32H23FN4O4. The lowest BCUT2D eigenvalue weighted by Gasteiger charge is -2.10. The predicted molar refractivity (Wildman–Crippen MR) is 153 cm³/mol. The second-order valence-corrected chi connectivity index (χ2v) is 9.50. The number of anilines is 1. The highest BCUT2D eigenvalue weighted by molar-refractivity contribution is 6.35. The number of methoxy groups -OCH3 is 1. The molecule has 0 saturated carbocycles. The summed E-state index contributed by atoms with van der Waals surface area (Å²) >= 11 is 0. The number of benzene rings is 4. The number of aromatic nitrogens is 3. The summed E-state index contributed by atoms with van der Waals surface area (Å²) in [5.74, 6) is -1.36. The molecule has 0 atom stereocenters. The molecule has 41 heavy (non-hydrogen) atoms. The average Bonchev–Trinajstić information content (AvgIpc) is 3.61. The molecule has 0 radical (unpaired) electrons. The van der Waals surface area contributed by atoms with Crippen LogP contribution in [0.5, 0.6) is 5.75 Å². The number of ether oxygens (including phenoxy) is 1. The summed E-state index contributed by atoms with van der Waals surface area (Å²) in [5, 5.41) is 16.1. The summed E-state index contributed by atoms with van der Waals surface area (Å²) in [6.07, 6.45) is 4.55. The molecule has 0 fully saturated rings. The van der Waals surface area contributed by atoms with Gasteiger partial charge in [0.25, 0.3) is 5.91 Å². The number of nitrogens with one attached hydrogen (secondary N) is 1. The topological polar surface area (TPSA) is 106 Å². The zero-order chi connectivity index (χ0) is 28.5. The molecule has 4 aromatic carbocycles. The molecule has 6 rings (SSSR count). The maximum atomic E-state index is 15.2. The van der Waals surface area contributed by atoms with Gasteiger partial charge in [0.2, 0.25) is 0 Å². The number of nitrogens with zero attached hydrogens (tertiary/aromatic N) is 3. The van der Waals surface area contributed by atoms with E-state index >= 15 is 4.39 Å². The Hall–Kier alpha value is -5.57. The highest BCUT2D eigenvalue weighted by atomic mass is 19.1. The van der Waals surface area contributed by atoms with E-state index in [1.54, 1.807) is 41.4 Å². The van der Waals surface area contributed by atoms with Crippen LogP contribution in [0, 0.1) is 5.82 Å². The number of rotatable bonds is 7. The van der Waals surface area contributed by atoms with Crippen LogP contribution in [0.4, 0.5) is 10.1 Å². The SMILES string of the molecule is COc1ccc(C=C2C(=O)Nc3cc(F)c(-c4ccc(-c5ccc(-n6cncn6)cc5)cc4)cc32)cc1CC(=O)O. The van der Waals surface area contributed by atoms with E-state index in [1.807, 2.05) is 48.5 Å². The fourth-order valence-corrected chi connectivity index (χ4v) is 4.92. The van der Waals surface area contributed by atoms with Gasteiger partial charge in [0.1, 0.15) is 24.2 Å². The van der Waals surface area contributed by atoms with Crippen molar-refractivity contribution in [1.29, 1.82) is 0 Å². The van der Waals surface area contributed by atoms with Gasteiger partial charge in [0.15, 0.2) is 0 Å². The molecule has 2 heterocycles. The van der Waals surface area contributed by atoms with Crippen LogP contribution in [-0.2, 0) is 16.0 Å². The zero-order valence-corrected chi connectivity index (χ0v) is 21.8. The Kier molecular flexibility index (Phi) is 6.60. The highest BCUT2D eigenvalue weighted by Crippen LogP contribution is 2.39. The van der Waals surface area contributed by atoms with Gasteiger partial charge < -0.3 is 15.2 Å². The molecule has 1 aromatic heterocycles. The van der Waals surface area contributed by atoms with Gasteiger partial charge in [-0.25, -0.2) is 14.1 Å². The summed E-state index contributed by atoms with van der Waals surface area (Å²) < 4.78 is 22.2. The molecule has 0 bridgehead atoms. The van der Waals surface area contributed by atoms with Gasteiger partial charge in [-0.2, -0.15) is 5.10 Å². The average molecular weight is 547 g/mol. The van der Waals surface area contributed by atoms with Crippen molar-refractivity contribution in [2.75, 3.05) is 12.4 Å². The predicted octanol–water partition coefficient (Wildman–Crippen LogP) is 5.87. The minimum atomic E-state index is -0.994. The Morgan fingerprint density at radius 2 is 1.68 bits per heavy atom. The van der Waals surface area contributed by atoms with Crippen LogP contribution in [-0.4, -0.2) is 38.9 Å². The highest BCUT2D eigenvalue weighted by Gasteiger charge is 2.26. The third kappa shape index (κ3) is 5.08. The van der Waals surface area contributed by atoms with Gasteiger partial charge in [0.05, 0.1) is 24.9 Å². The largest absolute Gasteiger partial charge is 0.496 e. The first-order valence-corrected chi connectivity index (χ1v) is 12.7. The fraction of sp³-hybridized carbons (Fsp3) is 0.0625. The second kappa shape index (κ2) is 10.5. The molecule has 1 amide bonds. The summed E-state index contributed by atoms with van der Waals surface area (Å²) in [4.78, 5) is 28.1. The Balaban J connectivity index is 1.31. The van der Waals surface area contributed by atoms with Crippen LogP contribution >= 0.6 is 0 Å². The van der Waals surface area contributed by atoms with E-state index in [-0.39, 0.29) is 12.3 Å². The van der Waals surface area contributed by atoms with Gasteiger partial charge in [-0.3, -0.25) is 9.59 Å². The van der Waals surface area contributed by atoms with Crippen molar-refractivity contribution in [2.45, 2.75) is 6.42 Å². The third-order valence-corrected chi connectivity index (χ3v) is 6.93. The number of hydrogen-bond donors (Lipinski definition) is 2. The molecule has 1 aliphatic rings. The Morgan fingerprint density at radius 3 is 2.34 bits per heavy atom. The number of carboxylic acid groups (broad SMARTS) is 1. The van der Waals surface area contributed by atoms with Gasteiger partial charge in [-0.15, -0.1) is 0 Å². The van der Waals surface area contributed by atoms with E-state index in [0.717, 1.165) is 16.8 Å². The first-order chi connectivity index (χ1) is 19.9. The Morgan fingerprint density at radius 1 is 0.976 bits per heavy atom. The first kappa shape index (κ1) is 25.7. The van der Waals surface area contributed by atoms with Gasteiger partial charge >= 0.3 is 5.97 Å². The third-order valence-electron chi connectivity index (χ3n) is 6.93. The molecule has 0 spiro atoms. The molecule has 0 saturated heterocycles. The van der Waals surface area contributed by atoms with Crippen LogP contribution in [0.2, 0.25) is 0 Å². The van der Waals surface area contributed by atoms with E-state index in [2.05, 4.69) is 15.4 Å². The van der Waals surface area contributed by atoms with Crippen LogP contribution in [0.25, 0.3) is 39.6 Å². The lowest BCUT2D eigenvalue weighted by molar-refractivity contribution is -0.136. The van der Waals surface area contributed by atoms with E-state index in [4.69, 9.17) is 4.74 Å². The molecule has 9 heteroatoms. The number of halogens is 1. The Bertz CT molecular complexity index is 1810. The molecular weight excluding hydrogens is 523 g/mol. The van der Waals surface area contributed by atoms with Crippen molar-refractivity contribution < 1.29 is 23.8 Å². The number of carbonyl (C=O) groups is 2. The lowest BCUT2D eigenvalue weighted by atomic mass is 9.95. The number of carboxylic acids is 1. The smallest absolute Gasteiger partial charge is 0.307 e. The van der Waals surface area contributed by atoms with E-state index in [0.29, 0.717) is 44.8 Å². The van der Waals surface area contributed by atoms with Crippen LogP contribution < -0.4 is 10.1 Å². The molecule has 0 unspecified atom stereocenters. The lowest BCUT2D eigenvalue weighted by Crippen LogP contribution is -2.04. The summed E-state index contributed by atoms with van der Waals surface area (Å²) in [6.45, 7) is 0. The molecule has 5 aromatic rings. The van der Waals surface area contributed by atoms with Crippen LogP contribution in [0.15, 0.2) is 91.5 Å². The van der Waals surface area contributed by atoms with Crippen LogP contribution in [0.1, 0.15) is 16.7 Å². The van der Waals surface area contributed by atoms with Gasteiger partial charge in [-0.05, 0) is 64.7 Å². The summed E-state index contributed by atoms with van der Waals surface area (Å²) in [7, 11) is 1.47. The molecule has 0 aliphatic carbocycles. The quantitative estimate of drug-likeness (QED) is 0.247. The first-order valence-electron chi connectivity index (χ1n) is 12.7. The molecule has 8 nitrogen and oxygen atoms in total. The molecule has 202 valence electrons. The Labute approximate surface area is 234 Å². The molecule has 1 aliphatic heterocycles. The number of fused-ring (bicyclic) bond motifs is 1. The maximum Gasteiger partial charge on any atom is 0.307 e. The van der Waals surface area contributed by atoms with Crippen molar-refractivity contribution in [3.05, 3.63) is 114 Å². The summed E-state index contributed by atoms with van der Waals surface area (Å²) in [5.41, 5.74) is 6.30. The van der Waals surface area contributed by atoms with Crippen molar-refractivity contribution in [3.8, 4) is 33.7 Å². The maximum absolute atomic E-state index is 15.2. The minimum absolute atomic E-state index is 0.222. The van der Waals surface area contributed by atoms with Crippen molar-refractivity contribution in [2.24, 2.45) is 0 Å². The number of amides is 1. The van der Waals surface area contributed by atoms with Gasteiger partial charge in [0, 0.05) is 22.3 Å². The second-order valence-electron chi connectivity index (χ2n) is 9.50. The zero-order valence-electron chi connectivity index (χ0n) is 21.8. The van der Waals surface area contributed by atoms with Gasteiger partial charge in [-0.1, -0.05) is 42.5 Å². The normalized spacial score (nSPS) is 13.2. The van der Waals surface area contributed by atoms with Crippen molar-refractivity contribution in [1.82, 2.24) is 14.8 Å². The van der Waals surface area contributed by atoms with Crippen LogP contribution in [0.3, 0.4) is 0 Å². The standard InChI is InChI=1S/C32H23FN4O4/c1-41-30-11-2-19(12-23(30)14-31(38)39)13-27-26-15-25(28(33)16-29(26)36-32(27)40)22-5-3-20(4-6-22)21-7-9-24(10-8-21)37-18-34-17-35-37/h2-13,15-18H,14H2,1H3,(H,36,40)(H,38,39). The number of carbonyl (C=O) groups excluding carboxylic acids is 1. The monoisotopic (exact) mass is 546 g/mol. The molecule has 2 N–H and O–H groups in total. The van der Waals surface area contributed by atoms with E-state index in [9.17, 15) is 14.7 Å². The fourth-order valence-electron chi connectivity index (χ4n) is 4.92. The van der Waals surface area contributed by atoms with Crippen molar-refractivity contribution in [3.63, 3.8) is 0 Å². The number of hydrogen-bond acceptors (Lipinski definition) is 5. The van der Waals surface area contributed by atoms with E-state index < -0.39 is 11.8 Å². The number of aliphatic carboxylic acids is 1. The van der Waals surface area contributed by atoms with Crippen molar-refractivity contribution >= 4 is 29.2 Å². The summed E-state index contributed by atoms with van der Waals surface area (Å²) in [6, 6.07) is 23.5. The van der Waals surface area contributed by atoms with E-state index in [1.165, 1.54) is 19.5 Å². The minimum Gasteiger partial charge on any atom is -0.496 e.